The monoisotopic (exact) mass is 506 g/mol. The van der Waals surface area contributed by atoms with Crippen molar-refractivity contribution in [2.75, 3.05) is 37.0 Å². The summed E-state index contributed by atoms with van der Waals surface area (Å²) in [5.41, 5.74) is 4.63. The molecule has 2 aliphatic rings. The van der Waals surface area contributed by atoms with Crippen molar-refractivity contribution in [1.29, 1.82) is 0 Å². The maximum atomic E-state index is 13.0. The van der Waals surface area contributed by atoms with Crippen molar-refractivity contribution in [3.63, 3.8) is 0 Å². The van der Waals surface area contributed by atoms with Gasteiger partial charge < -0.3 is 25.2 Å². The molecule has 0 radical (unpaired) electrons. The zero-order valence-corrected chi connectivity index (χ0v) is 22.3. The van der Waals surface area contributed by atoms with Crippen molar-refractivity contribution in [3.8, 4) is 0 Å². The molecule has 198 valence electrons. The Balaban J connectivity index is 1.38. The minimum Gasteiger partial charge on any atom is -0.453 e. The molecule has 8 heteroatoms. The average molecular weight is 507 g/mol. The van der Waals surface area contributed by atoms with Crippen LogP contribution in [0.4, 0.5) is 16.2 Å². The predicted molar refractivity (Wildman–Crippen MR) is 145 cm³/mol. The molecule has 0 aliphatic carbocycles. The molecule has 4 rings (SSSR count). The van der Waals surface area contributed by atoms with E-state index in [1.807, 2.05) is 12.1 Å². The second-order valence-electron chi connectivity index (χ2n) is 10.8. The maximum absolute atomic E-state index is 13.0. The lowest BCUT2D eigenvalue weighted by molar-refractivity contribution is -0.135. The van der Waals surface area contributed by atoms with E-state index in [0.29, 0.717) is 24.7 Å². The van der Waals surface area contributed by atoms with Crippen LogP contribution >= 0.6 is 0 Å². The fourth-order valence-electron chi connectivity index (χ4n) is 5.25. The normalized spacial score (nSPS) is 19.6. The topological polar surface area (TPSA) is 91.0 Å². The lowest BCUT2D eigenvalue weighted by Gasteiger charge is -2.28. The standard InChI is InChI=1S/C29H38N4O4/c1-29(2,3)21-11-15-23(16-12-21)32-17-5-7-24(32)20-9-13-22(14-10-20)31-27(35)25-8-6-18-33(25)26(34)19-30-28(36)37-4/h9-16,24-25H,5-8,17-19H2,1-4H3,(H,30,36)(H,31,35). The minimum absolute atomic E-state index is 0.131. The van der Waals surface area contributed by atoms with Gasteiger partial charge in [0.25, 0.3) is 0 Å². The number of ether oxygens (including phenoxy) is 1. The average Bonchev–Trinajstić information content (AvgIpc) is 3.57. The third-order valence-electron chi connectivity index (χ3n) is 7.33. The third-order valence-corrected chi connectivity index (χ3v) is 7.33. The lowest BCUT2D eigenvalue weighted by Crippen LogP contribution is -2.47. The Kier molecular flexibility index (Phi) is 8.05. The van der Waals surface area contributed by atoms with Crippen LogP contribution in [0.2, 0.25) is 0 Å². The van der Waals surface area contributed by atoms with Crippen molar-refractivity contribution in [2.45, 2.75) is 64.0 Å². The van der Waals surface area contributed by atoms with Crippen LogP contribution < -0.4 is 15.5 Å². The number of alkyl carbamates (subject to hydrolysis) is 1. The van der Waals surface area contributed by atoms with E-state index in [-0.39, 0.29) is 23.8 Å². The van der Waals surface area contributed by atoms with Gasteiger partial charge in [0.05, 0.1) is 13.2 Å². The van der Waals surface area contributed by atoms with Gasteiger partial charge >= 0.3 is 6.09 Å². The Hall–Kier alpha value is -3.55. The fourth-order valence-corrected chi connectivity index (χ4v) is 5.25. The van der Waals surface area contributed by atoms with E-state index in [1.165, 1.54) is 28.8 Å². The molecule has 2 atom stereocenters. The number of hydrogen-bond donors (Lipinski definition) is 2. The molecule has 0 aromatic heterocycles. The maximum Gasteiger partial charge on any atom is 0.407 e. The van der Waals surface area contributed by atoms with Crippen LogP contribution in [0.1, 0.15) is 63.6 Å². The number of carbonyl (C=O) groups is 3. The second-order valence-corrected chi connectivity index (χ2v) is 10.8. The molecule has 37 heavy (non-hydrogen) atoms. The number of hydrogen-bond acceptors (Lipinski definition) is 5. The first-order valence-corrected chi connectivity index (χ1v) is 13.1. The number of likely N-dealkylation sites (tertiary alicyclic amines) is 1. The summed E-state index contributed by atoms with van der Waals surface area (Å²) in [4.78, 5) is 40.8. The van der Waals surface area contributed by atoms with Gasteiger partial charge in [-0.05, 0) is 66.5 Å². The minimum atomic E-state index is -0.670. The molecule has 2 aliphatic heterocycles. The SMILES string of the molecule is COC(=O)NCC(=O)N1CCCC1C(=O)Nc1ccc(C2CCCN2c2ccc(C(C)(C)C)cc2)cc1. The number of rotatable bonds is 6. The molecule has 2 saturated heterocycles. The fraction of sp³-hybridized carbons (Fsp3) is 0.483. The van der Waals surface area contributed by atoms with Gasteiger partial charge in [0, 0.05) is 24.5 Å². The lowest BCUT2D eigenvalue weighted by atomic mass is 9.87. The Bertz CT molecular complexity index is 1110. The molecular weight excluding hydrogens is 468 g/mol. The quantitative estimate of drug-likeness (QED) is 0.597. The van der Waals surface area contributed by atoms with E-state index in [1.54, 1.807) is 0 Å². The van der Waals surface area contributed by atoms with Crippen molar-refractivity contribution < 1.29 is 19.1 Å². The first-order valence-electron chi connectivity index (χ1n) is 13.1. The van der Waals surface area contributed by atoms with Crippen molar-refractivity contribution in [2.24, 2.45) is 0 Å². The largest absolute Gasteiger partial charge is 0.453 e. The molecule has 2 fully saturated rings. The number of nitrogens with one attached hydrogen (secondary N) is 2. The van der Waals surface area contributed by atoms with Gasteiger partial charge in [-0.2, -0.15) is 0 Å². The molecule has 2 aromatic carbocycles. The Morgan fingerprint density at radius 3 is 2.27 bits per heavy atom. The summed E-state index contributed by atoms with van der Waals surface area (Å²) >= 11 is 0. The summed E-state index contributed by atoms with van der Waals surface area (Å²) in [5, 5.41) is 5.35. The molecule has 2 unspecified atom stereocenters. The summed E-state index contributed by atoms with van der Waals surface area (Å²) in [7, 11) is 1.24. The van der Waals surface area contributed by atoms with Crippen LogP contribution in [0, 0.1) is 0 Å². The van der Waals surface area contributed by atoms with Crippen LogP contribution in [-0.2, 0) is 19.7 Å². The summed E-state index contributed by atoms with van der Waals surface area (Å²) in [6.45, 7) is 8.01. The molecule has 0 saturated carbocycles. The van der Waals surface area contributed by atoms with Gasteiger partial charge in [-0.1, -0.05) is 45.0 Å². The number of methoxy groups -OCH3 is 1. The highest BCUT2D eigenvalue weighted by Crippen LogP contribution is 2.37. The first-order chi connectivity index (χ1) is 17.7. The zero-order chi connectivity index (χ0) is 26.6. The summed E-state index contributed by atoms with van der Waals surface area (Å²) in [6.07, 6.45) is 2.90. The van der Waals surface area contributed by atoms with Gasteiger partial charge in [-0.3, -0.25) is 9.59 Å². The van der Waals surface area contributed by atoms with Gasteiger partial charge in [0.15, 0.2) is 0 Å². The highest BCUT2D eigenvalue weighted by atomic mass is 16.5. The number of amides is 3. The first kappa shape index (κ1) is 26.5. The van der Waals surface area contributed by atoms with Gasteiger partial charge in [-0.25, -0.2) is 4.79 Å². The molecule has 2 aromatic rings. The van der Waals surface area contributed by atoms with Crippen LogP contribution in [0.25, 0.3) is 0 Å². The third kappa shape index (κ3) is 6.24. The van der Waals surface area contributed by atoms with E-state index in [0.717, 1.165) is 25.8 Å². The van der Waals surface area contributed by atoms with Crippen molar-refractivity contribution >= 4 is 29.3 Å². The predicted octanol–water partition coefficient (Wildman–Crippen LogP) is 4.61. The zero-order valence-electron chi connectivity index (χ0n) is 22.3. The number of carbonyl (C=O) groups excluding carboxylic acids is 3. The molecule has 8 nitrogen and oxygen atoms in total. The number of anilines is 2. The number of nitrogens with zero attached hydrogens (tertiary/aromatic N) is 2. The van der Waals surface area contributed by atoms with E-state index in [9.17, 15) is 14.4 Å². The smallest absolute Gasteiger partial charge is 0.407 e. The highest BCUT2D eigenvalue weighted by molar-refractivity contribution is 5.98. The Morgan fingerprint density at radius 2 is 1.62 bits per heavy atom. The van der Waals surface area contributed by atoms with Crippen LogP contribution in [0.15, 0.2) is 48.5 Å². The van der Waals surface area contributed by atoms with Crippen LogP contribution in [0.3, 0.4) is 0 Å². The summed E-state index contributed by atoms with van der Waals surface area (Å²) in [5.74, 6) is -0.506. The highest BCUT2D eigenvalue weighted by Gasteiger charge is 2.34. The Labute approximate surface area is 219 Å². The van der Waals surface area contributed by atoms with E-state index in [2.05, 4.69) is 77.4 Å². The molecule has 3 amide bonds. The molecule has 2 N–H and O–H groups in total. The van der Waals surface area contributed by atoms with Gasteiger partial charge in [0.2, 0.25) is 11.8 Å². The van der Waals surface area contributed by atoms with Crippen LogP contribution in [-0.4, -0.2) is 55.6 Å². The van der Waals surface area contributed by atoms with E-state index < -0.39 is 12.1 Å². The van der Waals surface area contributed by atoms with E-state index >= 15 is 0 Å². The van der Waals surface area contributed by atoms with E-state index in [4.69, 9.17) is 0 Å². The van der Waals surface area contributed by atoms with Crippen molar-refractivity contribution in [3.05, 3.63) is 59.7 Å². The van der Waals surface area contributed by atoms with Gasteiger partial charge in [-0.15, -0.1) is 0 Å². The number of benzene rings is 2. The van der Waals surface area contributed by atoms with Crippen molar-refractivity contribution in [1.82, 2.24) is 10.2 Å². The molecule has 0 spiro atoms. The second kappa shape index (κ2) is 11.2. The molecular formula is C29H38N4O4. The van der Waals surface area contributed by atoms with Crippen LogP contribution in [0.5, 0.6) is 0 Å². The molecule has 2 heterocycles. The van der Waals surface area contributed by atoms with Gasteiger partial charge in [0.1, 0.15) is 12.6 Å². The summed E-state index contributed by atoms with van der Waals surface area (Å²) in [6, 6.07) is 16.7. The summed E-state index contributed by atoms with van der Waals surface area (Å²) < 4.78 is 4.51. The molecule has 0 bridgehead atoms. The Morgan fingerprint density at radius 1 is 0.946 bits per heavy atom.